The van der Waals surface area contributed by atoms with E-state index in [1.165, 1.54) is 16.9 Å². The van der Waals surface area contributed by atoms with E-state index >= 15 is 0 Å². The lowest BCUT2D eigenvalue weighted by molar-refractivity contribution is -0.132. The van der Waals surface area contributed by atoms with Crippen LogP contribution >= 0.6 is 22.9 Å². The van der Waals surface area contributed by atoms with Crippen molar-refractivity contribution in [2.24, 2.45) is 0 Å². The minimum absolute atomic E-state index is 0.173. The Bertz CT molecular complexity index is 617. The van der Waals surface area contributed by atoms with Crippen molar-refractivity contribution < 1.29 is 28.2 Å². The molecule has 1 heterocycles. The maximum atomic E-state index is 11.6. The summed E-state index contributed by atoms with van der Waals surface area (Å²) in [5.41, 5.74) is 0. The Morgan fingerprint density at radius 3 is 2.39 bits per heavy atom. The van der Waals surface area contributed by atoms with E-state index in [9.17, 15) is 18.0 Å². The van der Waals surface area contributed by atoms with Crippen LogP contribution in [0.25, 0.3) is 0 Å². The molecule has 0 aliphatic heterocycles. The van der Waals surface area contributed by atoms with Gasteiger partial charge < -0.3 is 10.2 Å². The molecule has 10 heteroatoms. The minimum atomic E-state index is -4.18. The second-order valence-corrected chi connectivity index (χ2v) is 6.49. The van der Waals surface area contributed by atoms with Gasteiger partial charge in [0.15, 0.2) is 5.76 Å². The van der Waals surface area contributed by atoms with Crippen molar-refractivity contribution in [2.45, 2.75) is 4.21 Å². The number of halogens is 1. The van der Waals surface area contributed by atoms with Crippen molar-refractivity contribution in [3.05, 3.63) is 28.3 Å². The third kappa shape index (κ3) is 3.72. The number of thiophene rings is 1. The van der Waals surface area contributed by atoms with Gasteiger partial charge in [0, 0.05) is 0 Å². The number of carbonyl (C=O) groups excluding carboxylic acids is 1. The van der Waals surface area contributed by atoms with Gasteiger partial charge >= 0.3 is 5.97 Å². The molecule has 1 aromatic heterocycles. The fraction of sp³-hybridized carbons (Fsp3) is 0. The Hall–Kier alpha value is -1.58. The molecule has 0 radical (unpaired) electrons. The van der Waals surface area contributed by atoms with Crippen LogP contribution in [0.4, 0.5) is 0 Å². The van der Waals surface area contributed by atoms with Crippen LogP contribution in [0, 0.1) is 0 Å². The summed E-state index contributed by atoms with van der Waals surface area (Å²) in [6.07, 6.45) is 0.173. The molecule has 0 unspecified atom stereocenters. The van der Waals surface area contributed by atoms with E-state index in [-0.39, 0.29) is 14.6 Å². The van der Waals surface area contributed by atoms with Gasteiger partial charge in [0.2, 0.25) is 0 Å². The lowest BCUT2D eigenvalue weighted by Crippen LogP contribution is -2.31. The van der Waals surface area contributed by atoms with Crippen molar-refractivity contribution in [3.8, 4) is 0 Å². The molecule has 0 aliphatic carbocycles. The van der Waals surface area contributed by atoms with Crippen molar-refractivity contribution >= 4 is 44.8 Å². The Balaban J connectivity index is 2.91. The molecular weight excluding hydrogens is 306 g/mol. The smallest absolute Gasteiger partial charge is 0.332 e. The van der Waals surface area contributed by atoms with E-state index in [1.54, 1.807) is 0 Å². The van der Waals surface area contributed by atoms with E-state index < -0.39 is 27.7 Å². The third-order valence-electron chi connectivity index (χ3n) is 1.53. The molecule has 0 aliphatic rings. The molecule has 1 rings (SSSR count). The highest BCUT2D eigenvalue weighted by molar-refractivity contribution is 7.92. The summed E-state index contributed by atoms with van der Waals surface area (Å²) < 4.78 is 24.6. The highest BCUT2D eigenvalue weighted by Crippen LogP contribution is 2.25. The lowest BCUT2D eigenvalue weighted by atomic mass is 10.4. The lowest BCUT2D eigenvalue weighted by Gasteiger charge is -2.03. The topological polar surface area (TPSA) is 121 Å². The summed E-state index contributed by atoms with van der Waals surface area (Å²) in [5, 5.41) is 17.3. The van der Waals surface area contributed by atoms with Gasteiger partial charge in [0.1, 0.15) is 4.21 Å². The first-order chi connectivity index (χ1) is 8.22. The number of carboxylic acid groups (broad SMARTS) is 1. The van der Waals surface area contributed by atoms with Crippen LogP contribution in [-0.2, 0) is 19.6 Å². The van der Waals surface area contributed by atoms with E-state index in [0.717, 1.165) is 0 Å². The fourth-order valence-electron chi connectivity index (χ4n) is 0.849. The van der Waals surface area contributed by atoms with Gasteiger partial charge in [0.05, 0.1) is 10.4 Å². The molecular formula is C8H6ClNO6S2. The Morgan fingerprint density at radius 2 is 1.94 bits per heavy atom. The second kappa shape index (κ2) is 5.38. The molecule has 0 saturated carbocycles. The number of rotatable bonds is 4. The molecule has 18 heavy (non-hydrogen) atoms. The van der Waals surface area contributed by atoms with Crippen LogP contribution in [0.3, 0.4) is 0 Å². The number of hydrogen-bond acceptors (Lipinski definition) is 6. The molecule has 0 atom stereocenters. The van der Waals surface area contributed by atoms with E-state index in [2.05, 4.69) is 0 Å². The molecule has 0 spiro atoms. The number of aliphatic hydroxyl groups excluding tert-OH is 1. The number of hydrogen-bond donors (Lipinski definition) is 3. The molecule has 98 valence electrons. The maximum absolute atomic E-state index is 11.6. The molecule has 0 fully saturated rings. The van der Waals surface area contributed by atoms with Gasteiger partial charge in [-0.3, -0.25) is 4.79 Å². The van der Waals surface area contributed by atoms with E-state index in [1.807, 2.05) is 0 Å². The van der Waals surface area contributed by atoms with Gasteiger partial charge in [-0.25, -0.2) is 17.9 Å². The minimum Gasteiger partial charge on any atom is -0.503 e. The summed E-state index contributed by atoms with van der Waals surface area (Å²) in [5.74, 6) is -4.25. The van der Waals surface area contributed by atoms with E-state index in [4.69, 9.17) is 21.8 Å². The zero-order valence-corrected chi connectivity index (χ0v) is 10.8. The van der Waals surface area contributed by atoms with Crippen LogP contribution in [0.15, 0.2) is 28.2 Å². The zero-order chi connectivity index (χ0) is 13.9. The Kier molecular flexibility index (Phi) is 4.33. The predicted molar refractivity (Wildman–Crippen MR) is 63.0 cm³/mol. The number of carbonyl (C=O) groups is 2. The first-order valence-electron chi connectivity index (χ1n) is 4.18. The van der Waals surface area contributed by atoms with Crippen LogP contribution in [0.5, 0.6) is 0 Å². The Labute approximate surface area is 110 Å². The number of aliphatic carboxylic acids is 1. The Morgan fingerprint density at radius 1 is 1.33 bits per heavy atom. The highest BCUT2D eigenvalue weighted by Gasteiger charge is 2.22. The van der Waals surface area contributed by atoms with Gasteiger partial charge in [-0.1, -0.05) is 11.6 Å². The summed E-state index contributed by atoms with van der Waals surface area (Å²) in [6.45, 7) is 0. The largest absolute Gasteiger partial charge is 0.503 e. The molecule has 0 aromatic carbocycles. The number of amides is 1. The average molecular weight is 312 g/mol. The van der Waals surface area contributed by atoms with Crippen molar-refractivity contribution in [2.75, 3.05) is 0 Å². The third-order valence-corrected chi connectivity index (χ3v) is 4.59. The molecule has 0 saturated heterocycles. The maximum Gasteiger partial charge on any atom is 0.332 e. The normalized spacial score (nSPS) is 12.2. The van der Waals surface area contributed by atoms with Crippen molar-refractivity contribution in [1.29, 1.82) is 0 Å². The number of carboxylic acids is 1. The van der Waals surface area contributed by atoms with Gasteiger partial charge in [-0.05, 0) is 12.1 Å². The van der Waals surface area contributed by atoms with Crippen LogP contribution < -0.4 is 4.72 Å². The highest BCUT2D eigenvalue weighted by atomic mass is 35.5. The molecule has 7 nitrogen and oxygen atoms in total. The van der Waals surface area contributed by atoms with Crippen LogP contribution in [0.1, 0.15) is 0 Å². The number of aliphatic hydroxyl groups is 1. The quantitative estimate of drug-likeness (QED) is 0.557. The van der Waals surface area contributed by atoms with Gasteiger partial charge in [0.25, 0.3) is 15.9 Å². The summed E-state index contributed by atoms with van der Waals surface area (Å²) in [7, 11) is -4.18. The van der Waals surface area contributed by atoms with Crippen molar-refractivity contribution in [1.82, 2.24) is 4.72 Å². The number of nitrogens with one attached hydrogen (secondary N) is 1. The number of sulfonamides is 1. The monoisotopic (exact) mass is 311 g/mol. The predicted octanol–water partition coefficient (Wildman–Crippen LogP) is 0.733. The summed E-state index contributed by atoms with van der Waals surface area (Å²) in [6, 6.07) is 2.48. The van der Waals surface area contributed by atoms with E-state index in [0.29, 0.717) is 11.3 Å². The first kappa shape index (κ1) is 14.5. The second-order valence-electron chi connectivity index (χ2n) is 2.86. The molecule has 1 amide bonds. The van der Waals surface area contributed by atoms with Crippen molar-refractivity contribution in [3.63, 3.8) is 0 Å². The standard InChI is InChI=1S/C8H6ClNO6S2/c9-5-1-2-7(17-5)18(15,16)10-8(14)4(11)3-6(12)13/h1-3,11H,(H,10,14)(H,12,13). The first-order valence-corrected chi connectivity index (χ1v) is 6.86. The van der Waals surface area contributed by atoms with Gasteiger partial charge in [-0.15, -0.1) is 11.3 Å². The van der Waals surface area contributed by atoms with Gasteiger partial charge in [-0.2, -0.15) is 0 Å². The van der Waals surface area contributed by atoms with Crippen LogP contribution in [-0.4, -0.2) is 30.5 Å². The zero-order valence-electron chi connectivity index (χ0n) is 8.45. The SMILES string of the molecule is O=C(O)C=C(O)C(=O)NS(=O)(=O)c1ccc(Cl)s1. The average Bonchev–Trinajstić information content (AvgIpc) is 2.63. The summed E-state index contributed by atoms with van der Waals surface area (Å²) in [4.78, 5) is 21.3. The van der Waals surface area contributed by atoms with Crippen LogP contribution in [0.2, 0.25) is 4.34 Å². The molecule has 1 aromatic rings. The summed E-state index contributed by atoms with van der Waals surface area (Å²) >= 11 is 6.24. The molecule has 3 N–H and O–H groups in total. The molecule has 0 bridgehead atoms. The fourth-order valence-corrected chi connectivity index (χ4v) is 3.29.